The molecule has 1 saturated carbocycles. The number of ether oxygens (including phenoxy) is 1. The lowest BCUT2D eigenvalue weighted by Gasteiger charge is -2.18. The Balaban J connectivity index is 1.35. The molecule has 5 atom stereocenters. The molecule has 0 radical (unpaired) electrons. The second kappa shape index (κ2) is 5.09. The monoisotopic (exact) mass is 299 g/mol. The molecule has 2 bridgehead atoms. The predicted octanol–water partition coefficient (Wildman–Crippen LogP) is 3.11. The Labute approximate surface area is 132 Å². The summed E-state index contributed by atoms with van der Waals surface area (Å²) < 4.78 is 5.80. The number of rotatable bonds is 4. The van der Waals surface area contributed by atoms with E-state index in [0.29, 0.717) is 17.9 Å². The van der Waals surface area contributed by atoms with Gasteiger partial charge in [-0.05, 0) is 42.1 Å². The zero-order valence-electron chi connectivity index (χ0n) is 13.4. The van der Waals surface area contributed by atoms with E-state index in [2.05, 4.69) is 49.5 Å². The Kier molecular flexibility index (Phi) is 3.30. The maximum Gasteiger partial charge on any atom is 0.225 e. The summed E-state index contributed by atoms with van der Waals surface area (Å²) in [7, 11) is 0. The van der Waals surface area contributed by atoms with Gasteiger partial charge in [-0.25, -0.2) is 0 Å². The molecule has 3 heteroatoms. The fraction of sp³-hybridized carbons (Fsp3) is 0.632. The van der Waals surface area contributed by atoms with Crippen LogP contribution in [0.15, 0.2) is 30.3 Å². The van der Waals surface area contributed by atoms with Gasteiger partial charge in [0.15, 0.2) is 0 Å². The van der Waals surface area contributed by atoms with Gasteiger partial charge in [-0.15, -0.1) is 0 Å². The molecule has 2 heterocycles. The topological polar surface area (TPSA) is 38.3 Å². The summed E-state index contributed by atoms with van der Waals surface area (Å²) in [5.41, 5.74) is 1.68. The van der Waals surface area contributed by atoms with Crippen molar-refractivity contribution in [2.24, 2.45) is 17.3 Å². The maximum absolute atomic E-state index is 12.4. The van der Waals surface area contributed by atoms with E-state index in [-0.39, 0.29) is 23.3 Å². The van der Waals surface area contributed by atoms with Gasteiger partial charge in [0.2, 0.25) is 5.91 Å². The van der Waals surface area contributed by atoms with Crippen LogP contribution in [0, 0.1) is 17.3 Å². The first-order valence-electron chi connectivity index (χ1n) is 8.55. The van der Waals surface area contributed by atoms with Crippen molar-refractivity contribution in [3.05, 3.63) is 35.9 Å². The number of hydrogen-bond acceptors (Lipinski definition) is 2. The van der Waals surface area contributed by atoms with Crippen LogP contribution < -0.4 is 5.32 Å². The molecule has 3 nitrogen and oxygen atoms in total. The molecule has 4 rings (SSSR count). The Morgan fingerprint density at radius 1 is 1.27 bits per heavy atom. The van der Waals surface area contributed by atoms with Crippen LogP contribution in [0.3, 0.4) is 0 Å². The van der Waals surface area contributed by atoms with Crippen LogP contribution in [-0.4, -0.2) is 24.7 Å². The molecule has 0 unspecified atom stereocenters. The van der Waals surface area contributed by atoms with Gasteiger partial charge in [0.1, 0.15) is 0 Å². The molecular formula is C19H25NO2. The quantitative estimate of drug-likeness (QED) is 0.927. The number of nitrogens with one attached hydrogen (secondary N) is 1. The summed E-state index contributed by atoms with van der Waals surface area (Å²) in [6.45, 7) is 5.41. The molecule has 2 saturated heterocycles. The van der Waals surface area contributed by atoms with Crippen molar-refractivity contribution < 1.29 is 9.53 Å². The van der Waals surface area contributed by atoms with Crippen molar-refractivity contribution in [1.82, 2.24) is 5.32 Å². The number of carbonyl (C=O) groups excluding carboxylic acids is 1. The SMILES string of the molecule is CC1(C)[C@H](CNC(=O)[C@@H]2C[C@H]3CC[C@H]2O3)[C@H]1c1ccccc1. The third-order valence-corrected chi connectivity index (χ3v) is 6.15. The smallest absolute Gasteiger partial charge is 0.225 e. The van der Waals surface area contributed by atoms with Crippen LogP contribution in [-0.2, 0) is 9.53 Å². The molecule has 118 valence electrons. The third-order valence-electron chi connectivity index (χ3n) is 6.15. The van der Waals surface area contributed by atoms with E-state index < -0.39 is 0 Å². The minimum absolute atomic E-state index is 0.0933. The second-order valence-electron chi connectivity index (χ2n) is 7.78. The van der Waals surface area contributed by atoms with Crippen LogP contribution in [0.25, 0.3) is 0 Å². The molecule has 0 spiro atoms. The van der Waals surface area contributed by atoms with Gasteiger partial charge in [0.25, 0.3) is 0 Å². The van der Waals surface area contributed by atoms with Crippen molar-refractivity contribution in [1.29, 1.82) is 0 Å². The first-order chi connectivity index (χ1) is 10.6. The average molecular weight is 299 g/mol. The van der Waals surface area contributed by atoms with Crippen LogP contribution in [0.4, 0.5) is 0 Å². The Morgan fingerprint density at radius 3 is 2.68 bits per heavy atom. The maximum atomic E-state index is 12.4. The molecule has 1 N–H and O–H groups in total. The molecule has 1 aromatic carbocycles. The zero-order chi connectivity index (χ0) is 15.3. The van der Waals surface area contributed by atoms with Crippen molar-refractivity contribution in [3.8, 4) is 0 Å². The molecule has 2 aliphatic heterocycles. The normalized spacial score (nSPS) is 38.0. The van der Waals surface area contributed by atoms with E-state index >= 15 is 0 Å². The van der Waals surface area contributed by atoms with Gasteiger partial charge in [-0.3, -0.25) is 4.79 Å². The number of fused-ring (bicyclic) bond motifs is 2. The van der Waals surface area contributed by atoms with Crippen molar-refractivity contribution in [3.63, 3.8) is 0 Å². The largest absolute Gasteiger partial charge is 0.374 e. The molecule has 1 aromatic rings. The van der Waals surface area contributed by atoms with Crippen LogP contribution >= 0.6 is 0 Å². The van der Waals surface area contributed by atoms with E-state index in [9.17, 15) is 4.79 Å². The number of carbonyl (C=O) groups is 1. The van der Waals surface area contributed by atoms with Crippen LogP contribution in [0.1, 0.15) is 44.6 Å². The van der Waals surface area contributed by atoms with E-state index in [1.54, 1.807) is 0 Å². The minimum Gasteiger partial charge on any atom is -0.374 e. The van der Waals surface area contributed by atoms with Crippen molar-refractivity contribution in [2.75, 3.05) is 6.54 Å². The van der Waals surface area contributed by atoms with Gasteiger partial charge in [-0.2, -0.15) is 0 Å². The highest BCUT2D eigenvalue weighted by Gasteiger charge is 2.58. The molecule has 22 heavy (non-hydrogen) atoms. The van der Waals surface area contributed by atoms with E-state index in [1.807, 2.05) is 0 Å². The summed E-state index contributed by atoms with van der Waals surface area (Å²) >= 11 is 0. The predicted molar refractivity (Wildman–Crippen MR) is 85.5 cm³/mol. The highest BCUT2D eigenvalue weighted by molar-refractivity contribution is 5.79. The molecule has 3 aliphatic rings. The Hall–Kier alpha value is -1.35. The Morgan fingerprint density at radius 2 is 2.05 bits per heavy atom. The van der Waals surface area contributed by atoms with Gasteiger partial charge in [0.05, 0.1) is 18.1 Å². The number of hydrogen-bond donors (Lipinski definition) is 1. The molecular weight excluding hydrogens is 274 g/mol. The van der Waals surface area contributed by atoms with Gasteiger partial charge >= 0.3 is 0 Å². The number of benzene rings is 1. The molecule has 1 amide bonds. The average Bonchev–Trinajstić information content (AvgIpc) is 2.92. The first-order valence-corrected chi connectivity index (χ1v) is 8.55. The van der Waals surface area contributed by atoms with Gasteiger partial charge in [0, 0.05) is 6.54 Å². The van der Waals surface area contributed by atoms with E-state index in [0.717, 1.165) is 25.8 Å². The Bertz CT molecular complexity index is 568. The fourth-order valence-electron chi connectivity index (χ4n) is 4.70. The van der Waals surface area contributed by atoms with Crippen molar-refractivity contribution >= 4 is 5.91 Å². The molecule has 1 aliphatic carbocycles. The lowest BCUT2D eigenvalue weighted by Crippen LogP contribution is -2.37. The number of amides is 1. The highest BCUT2D eigenvalue weighted by Crippen LogP contribution is 2.64. The lowest BCUT2D eigenvalue weighted by molar-refractivity contribution is -0.126. The molecule has 0 aromatic heterocycles. The summed E-state index contributed by atoms with van der Waals surface area (Å²) in [6, 6.07) is 10.7. The van der Waals surface area contributed by atoms with Gasteiger partial charge < -0.3 is 10.1 Å². The lowest BCUT2D eigenvalue weighted by atomic mass is 9.88. The van der Waals surface area contributed by atoms with E-state index in [1.165, 1.54) is 5.56 Å². The fourth-order valence-corrected chi connectivity index (χ4v) is 4.70. The minimum atomic E-state index is 0.0933. The van der Waals surface area contributed by atoms with Crippen LogP contribution in [0.2, 0.25) is 0 Å². The molecule has 3 fully saturated rings. The van der Waals surface area contributed by atoms with Crippen LogP contribution in [0.5, 0.6) is 0 Å². The summed E-state index contributed by atoms with van der Waals surface area (Å²) in [6.07, 6.45) is 3.65. The highest BCUT2D eigenvalue weighted by atomic mass is 16.5. The van der Waals surface area contributed by atoms with Crippen molar-refractivity contribution in [2.45, 2.75) is 51.2 Å². The second-order valence-corrected chi connectivity index (χ2v) is 7.78. The summed E-state index contributed by atoms with van der Waals surface area (Å²) in [5, 5.41) is 3.21. The standard InChI is InChI=1S/C19H25NO2/c1-19(2)15(17(19)12-6-4-3-5-7-12)11-20-18(21)14-10-13-8-9-16(14)22-13/h3-7,13-17H,8-11H2,1-2H3,(H,20,21)/t13-,14-,15-,16-,17-/m1/s1. The van der Waals surface area contributed by atoms with Gasteiger partial charge in [-0.1, -0.05) is 44.2 Å². The third kappa shape index (κ3) is 2.26. The summed E-state index contributed by atoms with van der Waals surface area (Å²) in [4.78, 5) is 12.4. The zero-order valence-corrected chi connectivity index (χ0v) is 13.4. The first kappa shape index (κ1) is 14.3. The van der Waals surface area contributed by atoms with E-state index in [4.69, 9.17) is 4.74 Å². The summed E-state index contributed by atoms with van der Waals surface area (Å²) in [5.74, 6) is 1.40.